The van der Waals surface area contributed by atoms with Gasteiger partial charge >= 0.3 is 0 Å². The van der Waals surface area contributed by atoms with Crippen LogP contribution in [0.25, 0.3) is 0 Å². The standard InChI is InChI=1S/C27H41N3O5/c1-4-14-28(15-5-2)24(32)21-20-12-13-27(35-20)22(21)25(33)30(17-18-31)23(27)26(34)29(16-6-3)19-10-8-7-9-11-19/h4,6,19-23,31H,1,3,5,7-18H2,2H3/t20-,21+,22+,23?,27?/m1/s1. The summed E-state index contributed by atoms with van der Waals surface area (Å²) in [7, 11) is 0. The minimum atomic E-state index is -1.02. The van der Waals surface area contributed by atoms with E-state index >= 15 is 0 Å². The molecule has 4 fully saturated rings. The van der Waals surface area contributed by atoms with E-state index in [2.05, 4.69) is 13.2 Å². The molecule has 3 heterocycles. The monoisotopic (exact) mass is 487 g/mol. The van der Waals surface area contributed by atoms with Crippen molar-refractivity contribution < 1.29 is 24.2 Å². The van der Waals surface area contributed by atoms with E-state index in [1.54, 1.807) is 17.1 Å². The third kappa shape index (κ3) is 4.33. The van der Waals surface area contributed by atoms with Crippen molar-refractivity contribution in [2.75, 3.05) is 32.8 Å². The maximum atomic E-state index is 14.2. The Hall–Kier alpha value is -2.19. The summed E-state index contributed by atoms with van der Waals surface area (Å²) in [6.45, 7) is 10.9. The van der Waals surface area contributed by atoms with Crippen LogP contribution in [0.2, 0.25) is 0 Å². The number of carbonyl (C=O) groups is 3. The quantitative estimate of drug-likeness (QED) is 0.451. The zero-order valence-electron chi connectivity index (χ0n) is 21.1. The van der Waals surface area contributed by atoms with Gasteiger partial charge in [0, 0.05) is 32.2 Å². The molecule has 0 radical (unpaired) electrons. The molecule has 8 heteroatoms. The van der Waals surface area contributed by atoms with Crippen molar-refractivity contribution in [1.29, 1.82) is 0 Å². The van der Waals surface area contributed by atoms with Gasteiger partial charge in [0.2, 0.25) is 17.7 Å². The highest BCUT2D eigenvalue weighted by molar-refractivity contribution is 5.99. The molecule has 0 aromatic heterocycles. The van der Waals surface area contributed by atoms with Gasteiger partial charge in [-0.2, -0.15) is 0 Å². The average Bonchev–Trinajstić information content (AvgIpc) is 3.50. The molecular weight excluding hydrogens is 446 g/mol. The topological polar surface area (TPSA) is 90.4 Å². The maximum absolute atomic E-state index is 14.2. The number of hydrogen-bond donors (Lipinski definition) is 1. The Balaban J connectivity index is 1.69. The van der Waals surface area contributed by atoms with Gasteiger partial charge in [-0.25, -0.2) is 0 Å². The van der Waals surface area contributed by atoms with Gasteiger partial charge in [0.1, 0.15) is 11.6 Å². The molecule has 8 nitrogen and oxygen atoms in total. The van der Waals surface area contributed by atoms with E-state index in [0.29, 0.717) is 32.5 Å². The highest BCUT2D eigenvalue weighted by atomic mass is 16.5. The van der Waals surface area contributed by atoms with Crippen LogP contribution < -0.4 is 0 Å². The van der Waals surface area contributed by atoms with Crippen LogP contribution in [0.15, 0.2) is 25.3 Å². The number of aliphatic hydroxyl groups is 1. The molecule has 3 aliphatic heterocycles. The summed E-state index contributed by atoms with van der Waals surface area (Å²) in [6.07, 6.45) is 10.3. The van der Waals surface area contributed by atoms with Crippen molar-refractivity contribution in [2.24, 2.45) is 11.8 Å². The van der Waals surface area contributed by atoms with Gasteiger partial charge in [0.25, 0.3) is 0 Å². The molecule has 194 valence electrons. The van der Waals surface area contributed by atoms with Gasteiger partial charge in [-0.15, -0.1) is 13.2 Å². The number of ether oxygens (including phenoxy) is 1. The molecule has 1 aliphatic carbocycles. The summed E-state index contributed by atoms with van der Waals surface area (Å²) in [4.78, 5) is 46.9. The first-order valence-electron chi connectivity index (χ1n) is 13.3. The Morgan fingerprint density at radius 1 is 1.14 bits per heavy atom. The summed E-state index contributed by atoms with van der Waals surface area (Å²) in [6, 6.07) is -0.713. The smallest absolute Gasteiger partial charge is 0.248 e. The molecule has 4 aliphatic rings. The van der Waals surface area contributed by atoms with E-state index < -0.39 is 23.5 Å². The number of fused-ring (bicyclic) bond motifs is 1. The van der Waals surface area contributed by atoms with Gasteiger partial charge in [-0.1, -0.05) is 38.3 Å². The van der Waals surface area contributed by atoms with E-state index in [1.807, 2.05) is 11.8 Å². The average molecular weight is 488 g/mol. The zero-order valence-corrected chi connectivity index (χ0v) is 21.1. The number of hydrogen-bond acceptors (Lipinski definition) is 5. The number of β-amino-alcohol motifs (C(OH)–C–C–N with tert-alkyl or cyclic N) is 1. The molecular formula is C27H41N3O5. The highest BCUT2D eigenvalue weighted by Gasteiger charge is 2.74. The largest absolute Gasteiger partial charge is 0.395 e. The number of amides is 3. The van der Waals surface area contributed by atoms with Crippen LogP contribution in [-0.2, 0) is 19.1 Å². The maximum Gasteiger partial charge on any atom is 0.248 e. The molecule has 0 aromatic rings. The van der Waals surface area contributed by atoms with Crippen molar-refractivity contribution in [3.05, 3.63) is 25.3 Å². The Morgan fingerprint density at radius 2 is 1.86 bits per heavy atom. The van der Waals surface area contributed by atoms with Crippen molar-refractivity contribution >= 4 is 17.7 Å². The summed E-state index contributed by atoms with van der Waals surface area (Å²) in [5, 5.41) is 9.81. The predicted octanol–water partition coefficient (Wildman–Crippen LogP) is 2.13. The van der Waals surface area contributed by atoms with Crippen LogP contribution in [0.1, 0.15) is 58.3 Å². The van der Waals surface area contributed by atoms with Crippen LogP contribution >= 0.6 is 0 Å². The van der Waals surface area contributed by atoms with Gasteiger partial charge in [0.05, 0.1) is 24.5 Å². The van der Waals surface area contributed by atoms with Gasteiger partial charge in [-0.05, 0) is 32.1 Å². The lowest BCUT2D eigenvalue weighted by Gasteiger charge is -2.40. The van der Waals surface area contributed by atoms with Crippen molar-refractivity contribution in [3.8, 4) is 0 Å². The number of rotatable bonds is 11. The second kappa shape index (κ2) is 10.8. The zero-order chi connectivity index (χ0) is 25.2. The molecule has 3 amide bonds. The minimum absolute atomic E-state index is 0.0559. The first-order chi connectivity index (χ1) is 16.9. The fourth-order valence-corrected chi connectivity index (χ4v) is 7.10. The number of carbonyl (C=O) groups excluding carboxylic acids is 3. The molecule has 4 rings (SSSR count). The van der Waals surface area contributed by atoms with E-state index in [9.17, 15) is 19.5 Å². The van der Waals surface area contributed by atoms with Crippen LogP contribution in [0.3, 0.4) is 0 Å². The predicted molar refractivity (Wildman–Crippen MR) is 132 cm³/mol. The van der Waals surface area contributed by atoms with Gasteiger partial charge in [-0.3, -0.25) is 14.4 Å². The van der Waals surface area contributed by atoms with Crippen molar-refractivity contribution in [3.63, 3.8) is 0 Å². The van der Waals surface area contributed by atoms with Crippen LogP contribution in [0.4, 0.5) is 0 Å². The molecule has 1 saturated carbocycles. The SMILES string of the molecule is C=CCN(CCC)C(=O)[C@@H]1[C@H]2C(=O)N(CCO)C(C(=O)N(CC=C)C3CCCCC3)C23CC[C@H]1O3. The minimum Gasteiger partial charge on any atom is -0.395 e. The third-order valence-electron chi connectivity index (χ3n) is 8.44. The normalized spacial score (nSPS) is 31.9. The van der Waals surface area contributed by atoms with Crippen LogP contribution in [-0.4, -0.2) is 94.1 Å². The fourth-order valence-electron chi connectivity index (χ4n) is 7.10. The lowest BCUT2D eigenvalue weighted by atomic mass is 9.70. The summed E-state index contributed by atoms with van der Waals surface area (Å²) in [5.41, 5.74) is -1.02. The molecule has 2 bridgehead atoms. The molecule has 35 heavy (non-hydrogen) atoms. The molecule has 3 saturated heterocycles. The van der Waals surface area contributed by atoms with Gasteiger partial charge in [0.15, 0.2) is 0 Å². The van der Waals surface area contributed by atoms with E-state index in [0.717, 1.165) is 32.1 Å². The van der Waals surface area contributed by atoms with Crippen LogP contribution in [0.5, 0.6) is 0 Å². The first kappa shape index (κ1) is 25.9. The summed E-state index contributed by atoms with van der Waals surface area (Å²) >= 11 is 0. The van der Waals surface area contributed by atoms with E-state index in [-0.39, 0.29) is 43.0 Å². The molecule has 1 N–H and O–H groups in total. The Labute approximate surface area is 208 Å². The lowest BCUT2D eigenvalue weighted by molar-refractivity contribution is -0.150. The Kier molecular flexibility index (Phi) is 8.01. The fraction of sp³-hybridized carbons (Fsp3) is 0.741. The third-order valence-corrected chi connectivity index (χ3v) is 8.44. The van der Waals surface area contributed by atoms with Gasteiger partial charge < -0.3 is 24.5 Å². The van der Waals surface area contributed by atoms with E-state index in [4.69, 9.17) is 4.74 Å². The van der Waals surface area contributed by atoms with Crippen LogP contribution in [0, 0.1) is 11.8 Å². The number of nitrogens with zero attached hydrogens (tertiary/aromatic N) is 3. The number of aliphatic hydroxyl groups excluding tert-OH is 1. The van der Waals surface area contributed by atoms with Crippen molar-refractivity contribution in [2.45, 2.75) is 82.1 Å². The second-order valence-corrected chi connectivity index (χ2v) is 10.5. The Bertz CT molecular complexity index is 841. The highest BCUT2D eigenvalue weighted by Crippen LogP contribution is 2.59. The molecule has 2 unspecified atom stereocenters. The Morgan fingerprint density at radius 3 is 2.49 bits per heavy atom. The summed E-state index contributed by atoms with van der Waals surface area (Å²) in [5.74, 6) is -1.77. The van der Waals surface area contributed by atoms with E-state index in [1.165, 1.54) is 11.3 Å². The molecule has 1 spiro atoms. The van der Waals surface area contributed by atoms with Crippen molar-refractivity contribution in [1.82, 2.24) is 14.7 Å². The lowest BCUT2D eigenvalue weighted by Crippen LogP contribution is -2.58. The summed E-state index contributed by atoms with van der Waals surface area (Å²) < 4.78 is 6.53. The first-order valence-corrected chi connectivity index (χ1v) is 13.3. The number of likely N-dealkylation sites (tertiary alicyclic amines) is 1. The molecule has 0 aromatic carbocycles. The molecule has 5 atom stereocenters. The second-order valence-electron chi connectivity index (χ2n) is 10.5.